The highest BCUT2D eigenvalue weighted by Gasteiger charge is 2.19. The summed E-state index contributed by atoms with van der Waals surface area (Å²) in [6.07, 6.45) is 2.81. The second-order valence-electron chi connectivity index (χ2n) is 3.15. The topological polar surface area (TPSA) is 80.1 Å². The van der Waals surface area contributed by atoms with E-state index in [1.807, 2.05) is 13.1 Å². The first-order valence-corrected chi connectivity index (χ1v) is 5.96. The lowest BCUT2D eigenvalue weighted by Gasteiger charge is -2.19. The van der Waals surface area contributed by atoms with Gasteiger partial charge in [0, 0.05) is 29.9 Å². The van der Waals surface area contributed by atoms with Crippen LogP contribution in [0.25, 0.3) is 0 Å². The Labute approximate surface area is 91.9 Å². The average Bonchev–Trinajstić information content (AvgIpc) is 2.64. The molecule has 0 aromatic rings. The van der Waals surface area contributed by atoms with Crippen LogP contribution in [0.15, 0.2) is 10.1 Å². The summed E-state index contributed by atoms with van der Waals surface area (Å²) >= 11 is -2.35. The van der Waals surface area contributed by atoms with Crippen molar-refractivity contribution < 1.29 is 8.76 Å². The van der Waals surface area contributed by atoms with E-state index < -0.39 is 11.3 Å². The molecule has 86 valence electrons. The van der Waals surface area contributed by atoms with Crippen LogP contribution in [0.5, 0.6) is 0 Å². The van der Waals surface area contributed by atoms with Gasteiger partial charge in [0.1, 0.15) is 0 Å². The zero-order valence-corrected chi connectivity index (χ0v) is 9.66. The van der Waals surface area contributed by atoms with Crippen molar-refractivity contribution in [3.05, 3.63) is 0 Å². The Morgan fingerprint density at radius 2 is 2.53 bits per heavy atom. The third kappa shape index (κ3) is 3.60. The minimum atomic E-state index is -2.35. The van der Waals surface area contributed by atoms with E-state index in [1.54, 1.807) is 5.01 Å². The number of guanidine groups is 1. The van der Waals surface area contributed by atoms with Gasteiger partial charge in [-0.1, -0.05) is 6.92 Å². The molecule has 1 N–H and O–H groups in total. The summed E-state index contributed by atoms with van der Waals surface area (Å²) < 4.78 is 23.3. The highest BCUT2D eigenvalue weighted by Crippen LogP contribution is 2.10. The fraction of sp³-hybridized carbons (Fsp3) is 0.750. The van der Waals surface area contributed by atoms with Gasteiger partial charge in [-0.25, -0.2) is 5.01 Å². The largest absolute Gasteiger partial charge is 0.755 e. The second kappa shape index (κ2) is 5.82. The Balaban J connectivity index is 2.63. The molecule has 0 radical (unpaired) electrons. The van der Waals surface area contributed by atoms with Crippen molar-refractivity contribution in [2.24, 2.45) is 16.0 Å². The van der Waals surface area contributed by atoms with E-state index in [0.717, 1.165) is 6.42 Å². The standard InChI is InChI=1S/C8H16N4O2S/c1-3-7-5-10-12(6-7)8(9-4-2)11-15(13)14/h5,7H,3-4,6H2,1-2H3,(H,9,11)(H,13,14)/p-1. The van der Waals surface area contributed by atoms with Crippen molar-refractivity contribution >= 4 is 23.4 Å². The quantitative estimate of drug-likeness (QED) is 0.424. The van der Waals surface area contributed by atoms with Gasteiger partial charge in [-0.2, -0.15) is 5.10 Å². The summed E-state index contributed by atoms with van der Waals surface area (Å²) in [5, 5.41) is 5.68. The van der Waals surface area contributed by atoms with E-state index >= 15 is 0 Å². The molecule has 0 aliphatic carbocycles. The second-order valence-corrected chi connectivity index (χ2v) is 3.82. The molecule has 0 bridgehead atoms. The van der Waals surface area contributed by atoms with Crippen molar-refractivity contribution in [3.63, 3.8) is 0 Å². The summed E-state index contributed by atoms with van der Waals surface area (Å²) in [4.78, 5) is 4.04. The lowest BCUT2D eigenvalue weighted by atomic mass is 10.1. The molecule has 1 aliphatic heterocycles. The molecule has 0 amide bonds. The van der Waals surface area contributed by atoms with Gasteiger partial charge >= 0.3 is 0 Å². The molecule has 2 unspecified atom stereocenters. The Hall–Kier alpha value is -0.950. The van der Waals surface area contributed by atoms with Crippen molar-refractivity contribution in [1.29, 1.82) is 0 Å². The van der Waals surface area contributed by atoms with E-state index in [4.69, 9.17) is 0 Å². The van der Waals surface area contributed by atoms with Gasteiger partial charge in [0.2, 0.25) is 5.96 Å². The number of rotatable bonds is 3. The van der Waals surface area contributed by atoms with E-state index in [0.29, 0.717) is 19.0 Å². The lowest BCUT2D eigenvalue weighted by Crippen LogP contribution is -2.39. The van der Waals surface area contributed by atoms with Crippen molar-refractivity contribution in [2.75, 3.05) is 13.1 Å². The van der Waals surface area contributed by atoms with Gasteiger partial charge in [0.25, 0.3) is 0 Å². The van der Waals surface area contributed by atoms with Crippen molar-refractivity contribution in [2.45, 2.75) is 20.3 Å². The molecule has 7 heteroatoms. The first kappa shape index (κ1) is 12.1. The Morgan fingerprint density at radius 3 is 3.00 bits per heavy atom. The molecule has 1 rings (SSSR count). The van der Waals surface area contributed by atoms with Crippen LogP contribution in [0.2, 0.25) is 0 Å². The van der Waals surface area contributed by atoms with Gasteiger partial charge in [-0.15, -0.1) is 0 Å². The summed E-state index contributed by atoms with van der Waals surface area (Å²) in [6, 6.07) is 0. The first-order valence-electron chi connectivity index (χ1n) is 4.89. The van der Waals surface area contributed by atoms with Crippen LogP contribution in [0, 0.1) is 5.92 Å². The lowest BCUT2D eigenvalue weighted by molar-refractivity contribution is 0.428. The molecular formula is C8H15N4O2S-. The third-order valence-corrected chi connectivity index (χ3v) is 2.42. The number of hydrogen-bond acceptors (Lipinski definition) is 4. The van der Waals surface area contributed by atoms with Gasteiger partial charge in [0.05, 0.1) is 6.54 Å². The Kier molecular flexibility index (Phi) is 4.70. The molecule has 6 nitrogen and oxygen atoms in total. The summed E-state index contributed by atoms with van der Waals surface area (Å²) in [6.45, 7) is 5.10. The van der Waals surface area contributed by atoms with Gasteiger partial charge < -0.3 is 4.55 Å². The highest BCUT2D eigenvalue weighted by molar-refractivity contribution is 7.77. The van der Waals surface area contributed by atoms with Crippen molar-refractivity contribution in [1.82, 2.24) is 9.73 Å². The number of hydrazone groups is 1. The summed E-state index contributed by atoms with van der Waals surface area (Å²) in [5.74, 6) is 0.659. The van der Waals surface area contributed by atoms with Crippen molar-refractivity contribution in [3.8, 4) is 0 Å². The predicted molar refractivity (Wildman–Crippen MR) is 59.0 cm³/mol. The van der Waals surface area contributed by atoms with Crippen LogP contribution in [-0.2, 0) is 11.3 Å². The maximum atomic E-state index is 10.5. The Bertz CT molecular complexity index is 292. The molecule has 1 aliphatic rings. The van der Waals surface area contributed by atoms with Crippen LogP contribution in [0.3, 0.4) is 0 Å². The van der Waals surface area contributed by atoms with Crippen LogP contribution < -0.4 is 4.72 Å². The van der Waals surface area contributed by atoms with E-state index in [1.165, 1.54) is 0 Å². The van der Waals surface area contributed by atoms with Gasteiger partial charge in [0.15, 0.2) is 0 Å². The van der Waals surface area contributed by atoms with Gasteiger partial charge in [-0.05, 0) is 13.3 Å². The molecule has 0 aromatic carbocycles. The van der Waals surface area contributed by atoms with Crippen LogP contribution in [0.1, 0.15) is 20.3 Å². The molecule has 0 saturated carbocycles. The number of aliphatic imine (C=N–C) groups is 1. The van der Waals surface area contributed by atoms with Crippen LogP contribution in [-0.4, -0.2) is 39.0 Å². The van der Waals surface area contributed by atoms with Crippen LogP contribution in [0.4, 0.5) is 0 Å². The number of nitrogens with zero attached hydrogens (tertiary/aromatic N) is 3. The molecule has 0 fully saturated rings. The molecule has 0 saturated heterocycles. The molecule has 0 spiro atoms. The van der Waals surface area contributed by atoms with E-state index in [9.17, 15) is 8.76 Å². The normalized spacial score (nSPS) is 23.3. The van der Waals surface area contributed by atoms with E-state index in [-0.39, 0.29) is 5.96 Å². The molecular weight excluding hydrogens is 216 g/mol. The first-order chi connectivity index (χ1) is 7.17. The molecule has 15 heavy (non-hydrogen) atoms. The highest BCUT2D eigenvalue weighted by atomic mass is 32.2. The van der Waals surface area contributed by atoms with E-state index in [2.05, 4.69) is 21.7 Å². The number of hydrogen-bond donors (Lipinski definition) is 1. The Morgan fingerprint density at radius 1 is 1.80 bits per heavy atom. The smallest absolute Gasteiger partial charge is 0.226 e. The molecule has 2 atom stereocenters. The minimum absolute atomic E-state index is 0.290. The zero-order chi connectivity index (χ0) is 11.3. The fourth-order valence-corrected chi connectivity index (χ4v) is 1.58. The average molecular weight is 231 g/mol. The maximum Gasteiger partial charge on any atom is 0.226 e. The molecule has 1 heterocycles. The monoisotopic (exact) mass is 231 g/mol. The molecule has 0 aromatic heterocycles. The summed E-state index contributed by atoms with van der Waals surface area (Å²) in [7, 11) is 0. The summed E-state index contributed by atoms with van der Waals surface area (Å²) in [5.41, 5.74) is 0. The number of nitrogens with one attached hydrogen (secondary N) is 1. The SMILES string of the molecule is CCN=C(NS(=O)[O-])N1CC(CC)C=N1. The fourth-order valence-electron chi connectivity index (χ4n) is 1.26. The zero-order valence-electron chi connectivity index (χ0n) is 8.84. The minimum Gasteiger partial charge on any atom is -0.755 e. The third-order valence-electron chi connectivity index (χ3n) is 2.08. The predicted octanol–water partition coefficient (Wildman–Crippen LogP) is 0.0736. The van der Waals surface area contributed by atoms with Gasteiger partial charge in [-0.3, -0.25) is 13.9 Å². The van der Waals surface area contributed by atoms with Crippen LogP contribution >= 0.6 is 0 Å². The maximum absolute atomic E-state index is 10.5.